The highest BCUT2D eigenvalue weighted by Crippen LogP contribution is 2.51. The van der Waals surface area contributed by atoms with Gasteiger partial charge in [0.2, 0.25) is 0 Å². The Balaban J connectivity index is 0.00000225. The molecule has 2 N–H and O–H groups in total. The van der Waals surface area contributed by atoms with Crippen LogP contribution in [-0.4, -0.2) is 40.4 Å². The minimum absolute atomic E-state index is 0. The number of rotatable bonds is 8. The van der Waals surface area contributed by atoms with Gasteiger partial charge in [0.15, 0.2) is 5.96 Å². The van der Waals surface area contributed by atoms with Crippen molar-refractivity contribution in [3.8, 4) is 0 Å². The number of aromatic nitrogens is 2. The molecule has 0 saturated heterocycles. The Labute approximate surface area is 171 Å². The zero-order valence-corrected chi connectivity index (χ0v) is 17.7. The summed E-state index contributed by atoms with van der Waals surface area (Å²) in [6.07, 6.45) is 9.22. The molecule has 3 rings (SSSR count). The highest BCUT2D eigenvalue weighted by atomic mass is 127. The van der Waals surface area contributed by atoms with Crippen LogP contribution in [-0.2, 0) is 6.54 Å². The Morgan fingerprint density at radius 3 is 2.72 bits per heavy atom. The van der Waals surface area contributed by atoms with E-state index in [1.165, 1.54) is 17.7 Å². The third-order valence-corrected chi connectivity index (χ3v) is 5.63. The molecule has 0 atom stereocenters. The van der Waals surface area contributed by atoms with Crippen molar-refractivity contribution >= 4 is 41.7 Å². The van der Waals surface area contributed by atoms with Gasteiger partial charge in [-0.1, -0.05) is 18.2 Å². The average molecular weight is 471 g/mol. The monoisotopic (exact) mass is 471 g/mol. The molecule has 1 aliphatic rings. The van der Waals surface area contributed by atoms with E-state index in [0.717, 1.165) is 32.0 Å². The van der Waals surface area contributed by atoms with E-state index in [2.05, 4.69) is 55.5 Å². The summed E-state index contributed by atoms with van der Waals surface area (Å²) in [5, 5.41) is 6.88. The Kier molecular flexibility index (Phi) is 8.08. The van der Waals surface area contributed by atoms with Crippen LogP contribution in [0.2, 0.25) is 0 Å². The van der Waals surface area contributed by atoms with Gasteiger partial charge >= 0.3 is 0 Å². The third-order valence-electron chi connectivity index (χ3n) is 4.13. The molecule has 0 spiro atoms. The molecule has 1 saturated carbocycles. The first-order valence-electron chi connectivity index (χ1n) is 8.44. The second-order valence-electron chi connectivity index (χ2n) is 6.10. The molecule has 136 valence electrons. The number of nitrogens with zero attached hydrogens (tertiary/aromatic N) is 3. The number of aryl methyl sites for hydroxylation is 1. The summed E-state index contributed by atoms with van der Waals surface area (Å²) in [4.78, 5) is 9.73. The van der Waals surface area contributed by atoms with Gasteiger partial charge in [0.05, 0.1) is 6.33 Å². The number of nitrogens with one attached hydrogen (secondary N) is 2. The molecule has 0 aliphatic heterocycles. The van der Waals surface area contributed by atoms with Gasteiger partial charge in [-0.3, -0.25) is 4.99 Å². The van der Waals surface area contributed by atoms with Gasteiger partial charge in [0, 0.05) is 48.7 Å². The summed E-state index contributed by atoms with van der Waals surface area (Å²) in [6, 6.07) is 10.7. The topological polar surface area (TPSA) is 54.2 Å². The molecule has 1 aromatic carbocycles. The van der Waals surface area contributed by atoms with E-state index >= 15 is 0 Å². The fourth-order valence-corrected chi connectivity index (χ4v) is 3.79. The fourth-order valence-electron chi connectivity index (χ4n) is 2.55. The Bertz CT molecular complexity index is 641. The smallest absolute Gasteiger partial charge is 0.191 e. The SMILES string of the molecule is CN=C(NCCCn1ccnc1)NCC1(Sc2ccccc2)CC1.I. The first-order chi connectivity index (χ1) is 11.8. The van der Waals surface area contributed by atoms with Crippen LogP contribution in [0.1, 0.15) is 19.3 Å². The van der Waals surface area contributed by atoms with Crippen LogP contribution in [0.15, 0.2) is 58.9 Å². The van der Waals surface area contributed by atoms with E-state index in [1.54, 1.807) is 0 Å². The maximum atomic E-state index is 4.33. The fraction of sp³-hybridized carbons (Fsp3) is 0.444. The van der Waals surface area contributed by atoms with Crippen LogP contribution >= 0.6 is 35.7 Å². The Morgan fingerprint density at radius 1 is 1.28 bits per heavy atom. The molecular formula is C18H26IN5S. The summed E-state index contributed by atoms with van der Waals surface area (Å²) in [5.41, 5.74) is 0. The number of guanidine groups is 1. The molecule has 0 amide bonds. The predicted molar refractivity (Wildman–Crippen MR) is 116 cm³/mol. The highest BCUT2D eigenvalue weighted by Gasteiger charge is 2.43. The lowest BCUT2D eigenvalue weighted by atomic mass is 10.4. The molecule has 1 aliphatic carbocycles. The Morgan fingerprint density at radius 2 is 2.08 bits per heavy atom. The number of imidazole rings is 1. The number of aliphatic imine (C=N–C) groups is 1. The number of halogens is 1. The maximum Gasteiger partial charge on any atom is 0.191 e. The summed E-state index contributed by atoms with van der Waals surface area (Å²) < 4.78 is 2.42. The third kappa shape index (κ3) is 6.54. The molecule has 1 fully saturated rings. The van der Waals surface area contributed by atoms with Crippen molar-refractivity contribution in [2.75, 3.05) is 20.1 Å². The van der Waals surface area contributed by atoms with Crippen LogP contribution < -0.4 is 10.6 Å². The van der Waals surface area contributed by atoms with Crippen LogP contribution in [0.25, 0.3) is 0 Å². The lowest BCUT2D eigenvalue weighted by Crippen LogP contribution is -2.41. The van der Waals surface area contributed by atoms with E-state index in [9.17, 15) is 0 Å². The van der Waals surface area contributed by atoms with E-state index in [-0.39, 0.29) is 24.0 Å². The molecule has 7 heteroatoms. The zero-order valence-electron chi connectivity index (χ0n) is 14.5. The van der Waals surface area contributed by atoms with Gasteiger partial charge in [0.25, 0.3) is 0 Å². The van der Waals surface area contributed by atoms with Crippen molar-refractivity contribution in [1.29, 1.82) is 0 Å². The molecular weight excluding hydrogens is 445 g/mol. The zero-order chi connectivity index (χ0) is 16.7. The number of thioether (sulfide) groups is 1. The van der Waals surface area contributed by atoms with Crippen LogP contribution in [0.5, 0.6) is 0 Å². The average Bonchev–Trinajstić information content (AvgIpc) is 3.17. The molecule has 1 heterocycles. The number of hydrogen-bond donors (Lipinski definition) is 2. The van der Waals surface area contributed by atoms with Gasteiger partial charge in [-0.25, -0.2) is 4.98 Å². The second kappa shape index (κ2) is 10.1. The van der Waals surface area contributed by atoms with Crippen molar-refractivity contribution < 1.29 is 0 Å². The lowest BCUT2D eigenvalue weighted by molar-refractivity contribution is 0.623. The van der Waals surface area contributed by atoms with Crippen molar-refractivity contribution in [2.24, 2.45) is 4.99 Å². The summed E-state index contributed by atoms with van der Waals surface area (Å²) in [7, 11) is 1.83. The Hall–Kier alpha value is -1.22. The van der Waals surface area contributed by atoms with E-state index in [1.807, 2.05) is 37.5 Å². The van der Waals surface area contributed by atoms with Crippen LogP contribution in [0.3, 0.4) is 0 Å². The van der Waals surface area contributed by atoms with Crippen molar-refractivity contribution in [3.05, 3.63) is 49.1 Å². The molecule has 1 aromatic heterocycles. The van der Waals surface area contributed by atoms with Crippen molar-refractivity contribution in [3.63, 3.8) is 0 Å². The van der Waals surface area contributed by atoms with Gasteiger partial charge in [-0.15, -0.1) is 35.7 Å². The lowest BCUT2D eigenvalue weighted by Gasteiger charge is -2.18. The van der Waals surface area contributed by atoms with Crippen molar-refractivity contribution in [2.45, 2.75) is 35.4 Å². The number of benzene rings is 1. The normalized spacial score (nSPS) is 15.3. The molecule has 0 bridgehead atoms. The van der Waals surface area contributed by atoms with Gasteiger partial charge in [0.1, 0.15) is 0 Å². The van der Waals surface area contributed by atoms with Gasteiger partial charge < -0.3 is 15.2 Å². The largest absolute Gasteiger partial charge is 0.356 e. The first-order valence-corrected chi connectivity index (χ1v) is 9.26. The predicted octanol–water partition coefficient (Wildman–Crippen LogP) is 3.38. The summed E-state index contributed by atoms with van der Waals surface area (Å²) in [5.74, 6) is 0.889. The van der Waals surface area contributed by atoms with Crippen LogP contribution in [0, 0.1) is 0 Å². The molecule has 0 unspecified atom stereocenters. The molecule has 25 heavy (non-hydrogen) atoms. The molecule has 5 nitrogen and oxygen atoms in total. The van der Waals surface area contributed by atoms with Gasteiger partial charge in [-0.05, 0) is 31.4 Å². The standard InChI is InChI=1S/C18H25N5S.HI/c1-19-17(21-10-5-12-23-13-11-20-15-23)22-14-18(8-9-18)24-16-6-3-2-4-7-16;/h2-4,6-7,11,13,15H,5,8-10,12,14H2,1H3,(H2,19,21,22);1H. The van der Waals surface area contributed by atoms with E-state index in [4.69, 9.17) is 0 Å². The second-order valence-corrected chi connectivity index (χ2v) is 7.65. The quantitative estimate of drug-likeness (QED) is 0.268. The summed E-state index contributed by atoms with van der Waals surface area (Å²) in [6.45, 7) is 2.82. The van der Waals surface area contributed by atoms with E-state index in [0.29, 0.717) is 4.75 Å². The molecule has 2 aromatic rings. The minimum atomic E-state index is 0. The highest BCUT2D eigenvalue weighted by molar-refractivity contribution is 14.0. The summed E-state index contributed by atoms with van der Waals surface area (Å²) >= 11 is 1.98. The van der Waals surface area contributed by atoms with Gasteiger partial charge in [-0.2, -0.15) is 0 Å². The van der Waals surface area contributed by atoms with Crippen molar-refractivity contribution in [1.82, 2.24) is 20.2 Å². The van der Waals surface area contributed by atoms with Crippen LogP contribution in [0.4, 0.5) is 0 Å². The number of hydrogen-bond acceptors (Lipinski definition) is 3. The maximum absolute atomic E-state index is 4.33. The van der Waals surface area contributed by atoms with E-state index < -0.39 is 0 Å². The first kappa shape index (κ1) is 20.1. The minimum Gasteiger partial charge on any atom is -0.356 e. The molecule has 0 radical (unpaired) electrons.